The summed E-state index contributed by atoms with van der Waals surface area (Å²) in [6.45, 7) is 10.1. The number of rotatable bonds is 4. The highest BCUT2D eigenvalue weighted by atomic mass is 16.5. The molecule has 3 aliphatic rings. The van der Waals surface area contributed by atoms with Crippen molar-refractivity contribution in [3.63, 3.8) is 0 Å². The molecule has 1 amide bonds. The maximum Gasteiger partial charge on any atom is 0.251 e. The van der Waals surface area contributed by atoms with E-state index in [2.05, 4.69) is 24.1 Å². The average molecular weight is 322 g/mol. The van der Waals surface area contributed by atoms with Crippen LogP contribution in [0.3, 0.4) is 0 Å². The van der Waals surface area contributed by atoms with Crippen molar-refractivity contribution in [1.29, 1.82) is 0 Å². The third kappa shape index (κ3) is 4.16. The van der Waals surface area contributed by atoms with Gasteiger partial charge in [0, 0.05) is 45.9 Å². The molecule has 3 fully saturated rings. The van der Waals surface area contributed by atoms with E-state index in [4.69, 9.17) is 9.73 Å². The van der Waals surface area contributed by atoms with Gasteiger partial charge in [0.05, 0.1) is 0 Å². The minimum Gasteiger partial charge on any atom is -0.368 e. The van der Waals surface area contributed by atoms with Crippen LogP contribution in [0.1, 0.15) is 39.5 Å². The monoisotopic (exact) mass is 322 g/mol. The van der Waals surface area contributed by atoms with Crippen LogP contribution in [0.25, 0.3) is 0 Å². The van der Waals surface area contributed by atoms with Crippen molar-refractivity contribution < 1.29 is 9.53 Å². The molecule has 0 aromatic carbocycles. The number of hydrogen-bond acceptors (Lipinski definition) is 3. The van der Waals surface area contributed by atoms with Gasteiger partial charge in [-0.2, -0.15) is 0 Å². The summed E-state index contributed by atoms with van der Waals surface area (Å²) >= 11 is 0. The SMILES string of the molecule is CCNC(=NCC1(C)CC1)N1CCN(C(=O)C2CCCO2)CC1. The molecular weight excluding hydrogens is 292 g/mol. The van der Waals surface area contributed by atoms with Gasteiger partial charge in [-0.3, -0.25) is 9.79 Å². The Morgan fingerprint density at radius 1 is 1.26 bits per heavy atom. The minimum absolute atomic E-state index is 0.176. The molecule has 3 rings (SSSR count). The molecule has 6 heteroatoms. The van der Waals surface area contributed by atoms with Gasteiger partial charge < -0.3 is 19.9 Å². The van der Waals surface area contributed by atoms with Crippen LogP contribution in [-0.4, -0.2) is 73.6 Å². The third-order valence-electron chi connectivity index (χ3n) is 5.14. The number of hydrogen-bond donors (Lipinski definition) is 1. The zero-order chi connectivity index (χ0) is 16.3. The van der Waals surface area contributed by atoms with Crippen molar-refractivity contribution in [2.24, 2.45) is 10.4 Å². The molecule has 1 unspecified atom stereocenters. The fourth-order valence-corrected chi connectivity index (χ4v) is 3.18. The van der Waals surface area contributed by atoms with Crippen LogP contribution in [0.15, 0.2) is 4.99 Å². The summed E-state index contributed by atoms with van der Waals surface area (Å²) in [6, 6.07) is 0. The Morgan fingerprint density at radius 2 is 1.96 bits per heavy atom. The first-order valence-electron chi connectivity index (χ1n) is 9.05. The first kappa shape index (κ1) is 16.6. The molecule has 1 saturated carbocycles. The van der Waals surface area contributed by atoms with Crippen LogP contribution in [0.4, 0.5) is 0 Å². The summed E-state index contributed by atoms with van der Waals surface area (Å²) in [5, 5.41) is 3.40. The number of amides is 1. The molecular formula is C17H30N4O2. The molecule has 23 heavy (non-hydrogen) atoms. The van der Waals surface area contributed by atoms with Crippen molar-refractivity contribution >= 4 is 11.9 Å². The van der Waals surface area contributed by atoms with E-state index in [-0.39, 0.29) is 12.0 Å². The summed E-state index contributed by atoms with van der Waals surface area (Å²) in [6.07, 6.45) is 4.27. The van der Waals surface area contributed by atoms with Gasteiger partial charge in [0.15, 0.2) is 5.96 Å². The summed E-state index contributed by atoms with van der Waals surface area (Å²) in [7, 11) is 0. The zero-order valence-electron chi connectivity index (χ0n) is 14.5. The summed E-state index contributed by atoms with van der Waals surface area (Å²) in [5.41, 5.74) is 0.429. The van der Waals surface area contributed by atoms with E-state index in [1.54, 1.807) is 0 Å². The van der Waals surface area contributed by atoms with Gasteiger partial charge in [-0.15, -0.1) is 0 Å². The molecule has 0 aromatic heterocycles. The van der Waals surface area contributed by atoms with Gasteiger partial charge in [-0.25, -0.2) is 0 Å². The van der Waals surface area contributed by atoms with Gasteiger partial charge in [0.2, 0.25) is 0 Å². The van der Waals surface area contributed by atoms with Crippen LogP contribution >= 0.6 is 0 Å². The first-order chi connectivity index (χ1) is 11.1. The Balaban J connectivity index is 1.52. The predicted molar refractivity (Wildman–Crippen MR) is 90.4 cm³/mol. The Hall–Kier alpha value is -1.30. The number of ether oxygens (including phenoxy) is 1. The molecule has 0 bridgehead atoms. The maximum absolute atomic E-state index is 12.4. The number of nitrogens with zero attached hydrogens (tertiary/aromatic N) is 3. The van der Waals surface area contributed by atoms with Gasteiger partial charge in [0.25, 0.3) is 5.91 Å². The molecule has 1 aliphatic carbocycles. The molecule has 6 nitrogen and oxygen atoms in total. The van der Waals surface area contributed by atoms with Gasteiger partial charge in [0.1, 0.15) is 6.10 Å². The highest BCUT2D eigenvalue weighted by molar-refractivity contribution is 5.82. The third-order valence-corrected chi connectivity index (χ3v) is 5.14. The maximum atomic E-state index is 12.4. The molecule has 2 heterocycles. The highest BCUT2D eigenvalue weighted by Crippen LogP contribution is 2.45. The lowest BCUT2D eigenvalue weighted by Gasteiger charge is -2.37. The van der Waals surface area contributed by atoms with E-state index in [1.807, 2.05) is 4.90 Å². The standard InChI is InChI=1S/C17H30N4O2/c1-3-18-16(19-13-17(2)6-7-17)21-10-8-20(9-11-21)15(22)14-5-4-12-23-14/h14H,3-13H2,1-2H3,(H,18,19). The van der Waals surface area contributed by atoms with Gasteiger partial charge >= 0.3 is 0 Å². The molecule has 2 saturated heterocycles. The second-order valence-corrected chi connectivity index (χ2v) is 7.29. The van der Waals surface area contributed by atoms with E-state index in [9.17, 15) is 4.79 Å². The first-order valence-corrected chi connectivity index (χ1v) is 9.05. The summed E-state index contributed by atoms with van der Waals surface area (Å²) in [5.74, 6) is 1.18. The fourth-order valence-electron chi connectivity index (χ4n) is 3.18. The molecule has 130 valence electrons. The number of guanidine groups is 1. The smallest absolute Gasteiger partial charge is 0.251 e. The van der Waals surface area contributed by atoms with Crippen LogP contribution in [-0.2, 0) is 9.53 Å². The number of carbonyl (C=O) groups excluding carboxylic acids is 1. The summed E-state index contributed by atoms with van der Waals surface area (Å²) < 4.78 is 5.52. The zero-order valence-corrected chi connectivity index (χ0v) is 14.5. The highest BCUT2D eigenvalue weighted by Gasteiger charge is 2.37. The molecule has 0 aromatic rings. The second kappa shape index (κ2) is 7.07. The minimum atomic E-state index is -0.196. The van der Waals surface area contributed by atoms with Crippen molar-refractivity contribution in [1.82, 2.24) is 15.1 Å². The van der Waals surface area contributed by atoms with Crippen LogP contribution in [0, 0.1) is 5.41 Å². The average Bonchev–Trinajstić information content (AvgIpc) is 3.08. The van der Waals surface area contributed by atoms with E-state index in [0.29, 0.717) is 5.41 Å². The quantitative estimate of drug-likeness (QED) is 0.621. The second-order valence-electron chi connectivity index (χ2n) is 7.29. The van der Waals surface area contributed by atoms with E-state index in [0.717, 1.165) is 64.7 Å². The van der Waals surface area contributed by atoms with Crippen LogP contribution in [0.2, 0.25) is 0 Å². The van der Waals surface area contributed by atoms with Crippen LogP contribution in [0.5, 0.6) is 0 Å². The topological polar surface area (TPSA) is 57.2 Å². The van der Waals surface area contributed by atoms with Crippen molar-refractivity contribution in [2.75, 3.05) is 45.9 Å². The number of carbonyl (C=O) groups is 1. The number of piperazine rings is 1. The predicted octanol–water partition coefficient (Wildman–Crippen LogP) is 1.08. The Morgan fingerprint density at radius 3 is 2.52 bits per heavy atom. The van der Waals surface area contributed by atoms with E-state index >= 15 is 0 Å². The van der Waals surface area contributed by atoms with Crippen molar-refractivity contribution in [3.8, 4) is 0 Å². The van der Waals surface area contributed by atoms with Crippen molar-refractivity contribution in [2.45, 2.75) is 45.6 Å². The van der Waals surface area contributed by atoms with Gasteiger partial charge in [-0.1, -0.05) is 6.92 Å². The lowest BCUT2D eigenvalue weighted by molar-refractivity contribution is -0.142. The largest absolute Gasteiger partial charge is 0.368 e. The molecule has 1 atom stereocenters. The van der Waals surface area contributed by atoms with Crippen molar-refractivity contribution in [3.05, 3.63) is 0 Å². The summed E-state index contributed by atoms with van der Waals surface area (Å²) in [4.78, 5) is 21.5. The van der Waals surface area contributed by atoms with E-state index < -0.39 is 0 Å². The van der Waals surface area contributed by atoms with E-state index in [1.165, 1.54) is 12.8 Å². The van der Waals surface area contributed by atoms with Crippen LogP contribution < -0.4 is 5.32 Å². The molecule has 0 spiro atoms. The molecule has 1 N–H and O–H groups in total. The Kier molecular flexibility index (Phi) is 5.09. The molecule has 0 radical (unpaired) electrons. The van der Waals surface area contributed by atoms with Gasteiger partial charge in [-0.05, 0) is 38.0 Å². The molecule has 2 aliphatic heterocycles. The fraction of sp³-hybridized carbons (Fsp3) is 0.882. The number of aliphatic imine (C=N–C) groups is 1. The Bertz CT molecular complexity index is 448. The normalized spacial score (nSPS) is 27.2. The Labute approximate surface area is 139 Å². The lowest BCUT2D eigenvalue weighted by Crippen LogP contribution is -2.55. The lowest BCUT2D eigenvalue weighted by atomic mass is 10.1. The number of nitrogens with one attached hydrogen (secondary N) is 1.